The van der Waals surface area contributed by atoms with Gasteiger partial charge in [-0.15, -0.1) is 0 Å². The number of aliphatic hydroxyl groups is 1. The maximum atomic E-state index is 12.8. The summed E-state index contributed by atoms with van der Waals surface area (Å²) in [5.74, 6) is -0.147. The highest BCUT2D eigenvalue weighted by molar-refractivity contribution is 8.18. The first-order chi connectivity index (χ1) is 16.1. The van der Waals surface area contributed by atoms with Gasteiger partial charge in [-0.3, -0.25) is 0 Å². The van der Waals surface area contributed by atoms with E-state index in [4.69, 9.17) is 18.9 Å². The van der Waals surface area contributed by atoms with Crippen molar-refractivity contribution in [1.29, 1.82) is 0 Å². The fraction of sp³-hybridized carbons (Fsp3) is 0.217. The topological polar surface area (TPSA) is 86.6 Å². The van der Waals surface area contributed by atoms with Gasteiger partial charge in [0.25, 0.3) is 0 Å². The van der Waals surface area contributed by atoms with Gasteiger partial charge in [0.2, 0.25) is 5.75 Å². The summed E-state index contributed by atoms with van der Waals surface area (Å²) in [5, 5.41) is 10.8. The maximum Gasteiger partial charge on any atom is 0.416 e. The first-order valence-corrected chi connectivity index (χ1v) is 10.4. The Bertz CT molecular complexity index is 1190. The van der Waals surface area contributed by atoms with Crippen LogP contribution in [0.2, 0.25) is 0 Å². The van der Waals surface area contributed by atoms with Gasteiger partial charge >= 0.3 is 12.1 Å². The first kappa shape index (κ1) is 25.0. The number of carbonyl (C=O) groups excluding carboxylic acids is 1. The standard InChI is InChI=1S/C23H20F3NO6S/c1-30-15-10-5-12(19(31-2)20(15)32-3)11-16-18(28)17(22(29)33-4)21(34-16)27-14-8-6-13(7-9-14)23(24,25)26/h5-11,28H,1-4H3/b16-11+,27-21?. The van der Waals surface area contributed by atoms with Crippen molar-refractivity contribution >= 4 is 34.5 Å². The molecule has 1 heterocycles. The monoisotopic (exact) mass is 495 g/mol. The maximum absolute atomic E-state index is 12.8. The van der Waals surface area contributed by atoms with Gasteiger partial charge in [0.1, 0.15) is 16.4 Å². The number of methoxy groups -OCH3 is 4. The van der Waals surface area contributed by atoms with Crippen LogP contribution in [0.4, 0.5) is 18.9 Å². The molecular weight excluding hydrogens is 475 g/mol. The second-order valence-corrected chi connectivity index (χ2v) is 7.74. The fourth-order valence-electron chi connectivity index (χ4n) is 3.11. The zero-order valence-corrected chi connectivity index (χ0v) is 19.3. The van der Waals surface area contributed by atoms with Gasteiger partial charge in [-0.1, -0.05) is 11.8 Å². The van der Waals surface area contributed by atoms with E-state index in [1.165, 1.54) is 33.5 Å². The lowest BCUT2D eigenvalue weighted by Crippen LogP contribution is -2.10. The van der Waals surface area contributed by atoms with Gasteiger partial charge in [0.15, 0.2) is 11.5 Å². The summed E-state index contributed by atoms with van der Waals surface area (Å²) in [7, 11) is 5.50. The molecule has 180 valence electrons. The lowest BCUT2D eigenvalue weighted by Gasteiger charge is -2.14. The van der Waals surface area contributed by atoms with Gasteiger partial charge in [-0.25, -0.2) is 9.79 Å². The van der Waals surface area contributed by atoms with Crippen LogP contribution in [0.1, 0.15) is 11.1 Å². The minimum Gasteiger partial charge on any atom is -0.506 e. The quantitative estimate of drug-likeness (QED) is 0.527. The molecule has 0 aliphatic carbocycles. The summed E-state index contributed by atoms with van der Waals surface area (Å²) in [6, 6.07) is 7.41. The second-order valence-electron chi connectivity index (χ2n) is 6.71. The third kappa shape index (κ3) is 4.98. The zero-order valence-electron chi connectivity index (χ0n) is 18.5. The highest BCUT2D eigenvalue weighted by Crippen LogP contribution is 2.45. The molecule has 0 spiro atoms. The minimum absolute atomic E-state index is 0.0646. The number of ether oxygens (including phenoxy) is 4. The van der Waals surface area contributed by atoms with Crippen LogP contribution in [0.25, 0.3) is 6.08 Å². The number of carbonyl (C=O) groups is 1. The van der Waals surface area contributed by atoms with Gasteiger partial charge < -0.3 is 24.1 Å². The number of halogens is 3. The molecule has 0 saturated carbocycles. The molecule has 2 aromatic carbocycles. The molecular formula is C23H20F3NO6S. The number of nitrogens with zero attached hydrogens (tertiary/aromatic N) is 1. The molecule has 1 N–H and O–H groups in total. The number of esters is 1. The molecule has 34 heavy (non-hydrogen) atoms. The van der Waals surface area contributed by atoms with Crippen molar-refractivity contribution in [3.63, 3.8) is 0 Å². The number of alkyl halides is 3. The van der Waals surface area contributed by atoms with Crippen LogP contribution < -0.4 is 14.2 Å². The molecule has 1 aliphatic rings. The molecule has 3 rings (SSSR count). The Morgan fingerprint density at radius 3 is 2.15 bits per heavy atom. The highest BCUT2D eigenvalue weighted by atomic mass is 32.2. The number of rotatable bonds is 6. The number of hydrogen-bond donors (Lipinski definition) is 1. The molecule has 11 heteroatoms. The van der Waals surface area contributed by atoms with Gasteiger partial charge in [-0.2, -0.15) is 13.2 Å². The summed E-state index contributed by atoms with van der Waals surface area (Å²) >= 11 is 0.949. The van der Waals surface area contributed by atoms with Gasteiger partial charge in [-0.05, 0) is 42.5 Å². The molecule has 1 aliphatic heterocycles. The van der Waals surface area contributed by atoms with Crippen LogP contribution in [0, 0.1) is 0 Å². The van der Waals surface area contributed by atoms with Crippen molar-refractivity contribution in [2.24, 2.45) is 4.99 Å². The van der Waals surface area contributed by atoms with Crippen LogP contribution in [-0.2, 0) is 15.7 Å². The molecule has 0 fully saturated rings. The molecule has 0 bridgehead atoms. The van der Waals surface area contributed by atoms with E-state index in [9.17, 15) is 23.1 Å². The van der Waals surface area contributed by atoms with E-state index in [1.807, 2.05) is 0 Å². The SMILES string of the molecule is COC(=O)C1=C(O)/C(=C\c2ccc(OC)c(OC)c2OC)SC1=Nc1ccc(C(F)(F)F)cc1. The molecule has 0 atom stereocenters. The van der Waals surface area contributed by atoms with Crippen LogP contribution in [0.3, 0.4) is 0 Å². The van der Waals surface area contributed by atoms with Gasteiger partial charge in [0, 0.05) is 5.56 Å². The third-order valence-electron chi connectivity index (χ3n) is 4.73. The largest absolute Gasteiger partial charge is 0.506 e. The Hall–Kier alpha value is -3.60. The molecule has 0 amide bonds. The van der Waals surface area contributed by atoms with Crippen molar-refractivity contribution in [3.05, 3.63) is 63.8 Å². The van der Waals surface area contributed by atoms with E-state index in [1.54, 1.807) is 18.2 Å². The molecule has 2 aromatic rings. The number of benzene rings is 2. The lowest BCUT2D eigenvalue weighted by atomic mass is 10.1. The predicted molar refractivity (Wildman–Crippen MR) is 122 cm³/mol. The summed E-state index contributed by atoms with van der Waals surface area (Å²) < 4.78 is 59.3. The van der Waals surface area contributed by atoms with Crippen molar-refractivity contribution in [3.8, 4) is 17.2 Å². The number of hydrogen-bond acceptors (Lipinski definition) is 8. The Kier molecular flexibility index (Phi) is 7.45. The Morgan fingerprint density at radius 1 is 0.971 bits per heavy atom. The molecule has 0 aromatic heterocycles. The Labute approximate surface area is 197 Å². The molecule has 7 nitrogen and oxygen atoms in total. The van der Waals surface area contributed by atoms with Crippen LogP contribution in [-0.4, -0.2) is 44.6 Å². The molecule has 0 saturated heterocycles. The van der Waals surface area contributed by atoms with E-state index >= 15 is 0 Å². The van der Waals surface area contributed by atoms with Crippen molar-refractivity contribution in [2.75, 3.05) is 28.4 Å². The number of aliphatic hydroxyl groups excluding tert-OH is 1. The third-order valence-corrected chi connectivity index (χ3v) is 5.75. The van der Waals surface area contributed by atoms with Crippen LogP contribution >= 0.6 is 11.8 Å². The number of aliphatic imine (C=N–C) groups is 1. The van der Waals surface area contributed by atoms with Crippen LogP contribution in [0.15, 0.2) is 57.6 Å². The van der Waals surface area contributed by atoms with E-state index in [-0.39, 0.29) is 27.0 Å². The Balaban J connectivity index is 2.07. The number of thioether (sulfide) groups is 1. The summed E-state index contributed by atoms with van der Waals surface area (Å²) in [6.45, 7) is 0. The minimum atomic E-state index is -4.49. The van der Waals surface area contributed by atoms with E-state index in [0.29, 0.717) is 22.8 Å². The lowest BCUT2D eigenvalue weighted by molar-refractivity contribution is -0.137. The fourth-order valence-corrected chi connectivity index (χ4v) is 4.14. The smallest absolute Gasteiger partial charge is 0.416 e. The first-order valence-electron chi connectivity index (χ1n) is 9.61. The van der Waals surface area contributed by atoms with E-state index in [0.717, 1.165) is 31.0 Å². The van der Waals surface area contributed by atoms with E-state index in [2.05, 4.69) is 4.99 Å². The molecule has 0 unspecified atom stereocenters. The average Bonchev–Trinajstić information content (AvgIpc) is 3.12. The summed E-state index contributed by atoms with van der Waals surface area (Å²) in [5.41, 5.74) is -0.370. The van der Waals surface area contributed by atoms with Gasteiger partial charge in [0.05, 0.1) is 44.6 Å². The van der Waals surface area contributed by atoms with Crippen molar-refractivity contribution in [1.82, 2.24) is 0 Å². The average molecular weight is 495 g/mol. The van der Waals surface area contributed by atoms with Crippen molar-refractivity contribution < 1.29 is 42.0 Å². The molecule has 0 radical (unpaired) electrons. The normalized spacial score (nSPS) is 16.2. The second kappa shape index (κ2) is 10.1. The van der Waals surface area contributed by atoms with E-state index < -0.39 is 17.7 Å². The zero-order chi connectivity index (χ0) is 25.0. The van der Waals surface area contributed by atoms with Crippen molar-refractivity contribution in [2.45, 2.75) is 6.18 Å². The van der Waals surface area contributed by atoms with Crippen LogP contribution in [0.5, 0.6) is 17.2 Å². The Morgan fingerprint density at radius 2 is 1.62 bits per heavy atom. The summed E-state index contributed by atoms with van der Waals surface area (Å²) in [6.07, 6.45) is -2.93. The highest BCUT2D eigenvalue weighted by Gasteiger charge is 2.34. The summed E-state index contributed by atoms with van der Waals surface area (Å²) in [4.78, 5) is 16.8. The predicted octanol–water partition coefficient (Wildman–Crippen LogP) is 5.53.